The molecule has 0 aliphatic heterocycles. The summed E-state index contributed by atoms with van der Waals surface area (Å²) in [6.07, 6.45) is 7.77. The number of pyridine rings is 1. The summed E-state index contributed by atoms with van der Waals surface area (Å²) in [4.78, 5) is 8.42. The number of aromatic nitrogens is 3. The summed E-state index contributed by atoms with van der Waals surface area (Å²) in [7, 11) is 0. The van der Waals surface area contributed by atoms with Crippen LogP contribution in [0.4, 0.5) is 5.82 Å². The molecule has 0 saturated heterocycles. The van der Waals surface area contributed by atoms with Gasteiger partial charge in [-0.3, -0.25) is 0 Å². The number of anilines is 1. The van der Waals surface area contributed by atoms with E-state index in [4.69, 9.17) is 5.73 Å². The van der Waals surface area contributed by atoms with Crippen LogP contribution < -0.4 is 5.73 Å². The number of imidazole rings is 1. The molecule has 2 heterocycles. The number of hydrogen-bond donors (Lipinski definition) is 1. The highest BCUT2D eigenvalue weighted by Crippen LogP contribution is 2.07. The van der Waals surface area contributed by atoms with Gasteiger partial charge in [0, 0.05) is 25.0 Å². The fraction of sp³-hybridized carbons (Fsp3) is 0.333. The highest BCUT2D eigenvalue weighted by Gasteiger charge is 2.02. The van der Waals surface area contributed by atoms with E-state index in [0.29, 0.717) is 5.82 Å². The first-order valence-electron chi connectivity index (χ1n) is 5.50. The Morgan fingerprint density at radius 3 is 2.88 bits per heavy atom. The summed E-state index contributed by atoms with van der Waals surface area (Å²) in [5.74, 6) is 1.68. The average Bonchev–Trinajstić information content (AvgIpc) is 2.70. The predicted molar refractivity (Wildman–Crippen MR) is 64.0 cm³/mol. The lowest BCUT2D eigenvalue weighted by Gasteiger charge is -2.06. The summed E-state index contributed by atoms with van der Waals surface area (Å²) in [6.45, 7) is 2.96. The van der Waals surface area contributed by atoms with Gasteiger partial charge in [0.1, 0.15) is 11.6 Å². The first-order chi connectivity index (χ1) is 7.79. The maximum atomic E-state index is 5.55. The van der Waals surface area contributed by atoms with E-state index in [0.717, 1.165) is 30.8 Å². The fourth-order valence-electron chi connectivity index (χ4n) is 1.66. The van der Waals surface area contributed by atoms with Gasteiger partial charge in [-0.15, -0.1) is 0 Å². The Morgan fingerprint density at radius 1 is 1.31 bits per heavy atom. The first kappa shape index (κ1) is 10.7. The molecule has 0 spiro atoms. The van der Waals surface area contributed by atoms with Crippen LogP contribution in [0.1, 0.15) is 24.7 Å². The summed E-state index contributed by atoms with van der Waals surface area (Å²) in [5, 5.41) is 0. The van der Waals surface area contributed by atoms with Crippen molar-refractivity contribution >= 4 is 5.82 Å². The highest BCUT2D eigenvalue weighted by atomic mass is 15.1. The van der Waals surface area contributed by atoms with Gasteiger partial charge in [-0.05, 0) is 18.1 Å². The SMILES string of the molecule is CCCc1nccn1Cc1ccc(N)nc1. The van der Waals surface area contributed by atoms with E-state index in [1.165, 1.54) is 0 Å². The molecule has 84 valence electrons. The van der Waals surface area contributed by atoms with Crippen LogP contribution in [0.3, 0.4) is 0 Å². The molecule has 16 heavy (non-hydrogen) atoms. The Kier molecular flexibility index (Phi) is 3.19. The summed E-state index contributed by atoms with van der Waals surface area (Å²) in [6, 6.07) is 3.82. The lowest BCUT2D eigenvalue weighted by atomic mass is 10.2. The standard InChI is InChI=1S/C12H16N4/c1-2-3-12-14-6-7-16(12)9-10-4-5-11(13)15-8-10/h4-8H,2-3,9H2,1H3,(H2,13,15). The smallest absolute Gasteiger partial charge is 0.123 e. The van der Waals surface area contributed by atoms with Gasteiger partial charge < -0.3 is 10.3 Å². The van der Waals surface area contributed by atoms with Gasteiger partial charge in [0.05, 0.1) is 6.54 Å². The molecule has 0 unspecified atom stereocenters. The van der Waals surface area contributed by atoms with E-state index >= 15 is 0 Å². The van der Waals surface area contributed by atoms with E-state index in [9.17, 15) is 0 Å². The molecule has 0 atom stereocenters. The number of hydrogen-bond acceptors (Lipinski definition) is 3. The van der Waals surface area contributed by atoms with Crippen molar-refractivity contribution in [3.8, 4) is 0 Å². The minimum Gasteiger partial charge on any atom is -0.384 e. The largest absolute Gasteiger partial charge is 0.384 e. The van der Waals surface area contributed by atoms with Crippen LogP contribution >= 0.6 is 0 Å². The molecule has 0 aliphatic rings. The highest BCUT2D eigenvalue weighted by molar-refractivity contribution is 5.29. The molecule has 2 aromatic heterocycles. The van der Waals surface area contributed by atoms with Crippen molar-refractivity contribution in [2.24, 2.45) is 0 Å². The minimum absolute atomic E-state index is 0.558. The Hall–Kier alpha value is -1.84. The average molecular weight is 216 g/mol. The second-order valence-corrected chi connectivity index (χ2v) is 3.81. The lowest BCUT2D eigenvalue weighted by Crippen LogP contribution is -2.04. The van der Waals surface area contributed by atoms with Crippen LogP contribution in [0.5, 0.6) is 0 Å². The fourth-order valence-corrected chi connectivity index (χ4v) is 1.66. The van der Waals surface area contributed by atoms with Crippen LogP contribution in [0.2, 0.25) is 0 Å². The second-order valence-electron chi connectivity index (χ2n) is 3.81. The Bertz CT molecular complexity index is 444. The van der Waals surface area contributed by atoms with E-state index in [-0.39, 0.29) is 0 Å². The zero-order valence-corrected chi connectivity index (χ0v) is 9.43. The van der Waals surface area contributed by atoms with E-state index in [1.54, 1.807) is 0 Å². The van der Waals surface area contributed by atoms with Crippen molar-refractivity contribution in [1.82, 2.24) is 14.5 Å². The third-order valence-corrected chi connectivity index (χ3v) is 2.48. The van der Waals surface area contributed by atoms with Crippen molar-refractivity contribution in [2.45, 2.75) is 26.3 Å². The van der Waals surface area contributed by atoms with Crippen LogP contribution in [0.15, 0.2) is 30.7 Å². The number of rotatable bonds is 4. The minimum atomic E-state index is 0.558. The molecular weight excluding hydrogens is 200 g/mol. The van der Waals surface area contributed by atoms with Crippen LogP contribution in [-0.4, -0.2) is 14.5 Å². The molecule has 2 aromatic rings. The topological polar surface area (TPSA) is 56.7 Å². The number of nitrogens with two attached hydrogens (primary N) is 1. The molecule has 4 heteroatoms. The van der Waals surface area contributed by atoms with Crippen molar-refractivity contribution in [3.05, 3.63) is 42.1 Å². The molecule has 0 radical (unpaired) electrons. The van der Waals surface area contributed by atoms with Crippen LogP contribution in [-0.2, 0) is 13.0 Å². The van der Waals surface area contributed by atoms with Gasteiger partial charge >= 0.3 is 0 Å². The van der Waals surface area contributed by atoms with Crippen molar-refractivity contribution < 1.29 is 0 Å². The molecule has 2 N–H and O–H groups in total. The normalized spacial score (nSPS) is 10.6. The van der Waals surface area contributed by atoms with Gasteiger partial charge in [0.15, 0.2) is 0 Å². The Balaban J connectivity index is 2.13. The third kappa shape index (κ3) is 2.39. The van der Waals surface area contributed by atoms with Gasteiger partial charge in [-0.2, -0.15) is 0 Å². The summed E-state index contributed by atoms with van der Waals surface area (Å²) >= 11 is 0. The predicted octanol–water partition coefficient (Wildman–Crippen LogP) is 1.86. The summed E-state index contributed by atoms with van der Waals surface area (Å²) in [5.41, 5.74) is 6.69. The number of nitrogens with zero attached hydrogens (tertiary/aromatic N) is 3. The van der Waals surface area contributed by atoms with Gasteiger partial charge in [0.2, 0.25) is 0 Å². The van der Waals surface area contributed by atoms with E-state index < -0.39 is 0 Å². The zero-order valence-electron chi connectivity index (χ0n) is 9.43. The van der Waals surface area contributed by atoms with Crippen LogP contribution in [0.25, 0.3) is 0 Å². The quantitative estimate of drug-likeness (QED) is 0.848. The first-order valence-corrected chi connectivity index (χ1v) is 5.50. The van der Waals surface area contributed by atoms with Crippen LogP contribution in [0, 0.1) is 0 Å². The zero-order chi connectivity index (χ0) is 11.4. The molecule has 0 amide bonds. The number of aryl methyl sites for hydroxylation is 1. The monoisotopic (exact) mass is 216 g/mol. The Labute approximate surface area is 95.1 Å². The molecular formula is C12H16N4. The molecule has 0 fully saturated rings. The number of nitrogen functional groups attached to an aromatic ring is 1. The molecule has 0 aliphatic carbocycles. The summed E-state index contributed by atoms with van der Waals surface area (Å²) < 4.78 is 2.15. The lowest BCUT2D eigenvalue weighted by molar-refractivity contribution is 0.703. The second kappa shape index (κ2) is 4.79. The van der Waals surface area contributed by atoms with Gasteiger partial charge in [-0.25, -0.2) is 9.97 Å². The Morgan fingerprint density at radius 2 is 2.19 bits per heavy atom. The maximum absolute atomic E-state index is 5.55. The molecule has 0 aromatic carbocycles. The molecule has 4 nitrogen and oxygen atoms in total. The van der Waals surface area contributed by atoms with Gasteiger partial charge in [0.25, 0.3) is 0 Å². The van der Waals surface area contributed by atoms with E-state index in [1.807, 2.05) is 30.7 Å². The van der Waals surface area contributed by atoms with Crippen molar-refractivity contribution in [1.29, 1.82) is 0 Å². The molecule has 2 rings (SSSR count). The maximum Gasteiger partial charge on any atom is 0.123 e. The third-order valence-electron chi connectivity index (χ3n) is 2.48. The molecule has 0 saturated carbocycles. The van der Waals surface area contributed by atoms with Crippen molar-refractivity contribution in [2.75, 3.05) is 5.73 Å². The van der Waals surface area contributed by atoms with Gasteiger partial charge in [-0.1, -0.05) is 13.0 Å². The molecule has 0 bridgehead atoms. The van der Waals surface area contributed by atoms with Crippen molar-refractivity contribution in [3.63, 3.8) is 0 Å². The van der Waals surface area contributed by atoms with E-state index in [2.05, 4.69) is 21.5 Å².